The van der Waals surface area contributed by atoms with Gasteiger partial charge in [0, 0.05) is 11.3 Å². The summed E-state index contributed by atoms with van der Waals surface area (Å²) in [6.45, 7) is 3.99. The van der Waals surface area contributed by atoms with Crippen molar-refractivity contribution < 1.29 is 4.79 Å². The lowest BCUT2D eigenvalue weighted by Crippen LogP contribution is -2.12. The summed E-state index contributed by atoms with van der Waals surface area (Å²) < 4.78 is 0. The number of carbonyl (C=O) groups is 1. The van der Waals surface area contributed by atoms with E-state index in [-0.39, 0.29) is 11.6 Å². The van der Waals surface area contributed by atoms with Gasteiger partial charge in [-0.2, -0.15) is 15.6 Å². The quantitative estimate of drug-likeness (QED) is 0.666. The summed E-state index contributed by atoms with van der Waals surface area (Å²) in [6.07, 6.45) is 0. The number of hydrazone groups is 1. The van der Waals surface area contributed by atoms with Gasteiger partial charge in [0.15, 0.2) is 0 Å². The molecule has 0 aliphatic carbocycles. The van der Waals surface area contributed by atoms with E-state index in [0.717, 1.165) is 16.8 Å². The minimum Gasteiger partial charge on any atom is -0.322 e. The zero-order valence-corrected chi connectivity index (χ0v) is 13.3. The number of rotatable bonds is 4. The Bertz CT molecular complexity index is 871. The average Bonchev–Trinajstić information content (AvgIpc) is 2.59. The third-order valence-corrected chi connectivity index (χ3v) is 3.40. The van der Waals surface area contributed by atoms with Crippen molar-refractivity contribution in [2.24, 2.45) is 5.10 Å². The number of benzene rings is 2. The number of amides is 1. The van der Waals surface area contributed by atoms with E-state index in [0.29, 0.717) is 11.3 Å². The van der Waals surface area contributed by atoms with Gasteiger partial charge >= 0.3 is 0 Å². The first-order chi connectivity index (χ1) is 11.5. The third-order valence-electron chi connectivity index (χ3n) is 3.40. The van der Waals surface area contributed by atoms with Gasteiger partial charge in [-0.05, 0) is 55.3 Å². The van der Waals surface area contributed by atoms with Crippen LogP contribution in [0.4, 0.5) is 11.4 Å². The molecule has 1 amide bonds. The Hall–Kier alpha value is -3.64. The first-order valence-electron chi connectivity index (χ1n) is 7.16. The van der Waals surface area contributed by atoms with Gasteiger partial charge in [0.2, 0.25) is 5.71 Å². The minimum atomic E-state index is -0.292. The predicted molar refractivity (Wildman–Crippen MR) is 92.6 cm³/mol. The van der Waals surface area contributed by atoms with Crippen LogP contribution in [0, 0.1) is 36.5 Å². The molecule has 0 fully saturated rings. The molecule has 6 nitrogen and oxygen atoms in total. The fraction of sp³-hybridized carbons (Fsp3) is 0.111. The Morgan fingerprint density at radius 1 is 1.00 bits per heavy atom. The van der Waals surface area contributed by atoms with Crippen molar-refractivity contribution >= 4 is 23.0 Å². The Balaban J connectivity index is 2.14. The number of nitrogens with zero attached hydrogens (tertiary/aromatic N) is 3. The Morgan fingerprint density at radius 2 is 1.75 bits per heavy atom. The van der Waals surface area contributed by atoms with Crippen molar-refractivity contribution in [2.75, 3.05) is 10.7 Å². The van der Waals surface area contributed by atoms with Gasteiger partial charge in [-0.15, -0.1) is 0 Å². The molecule has 0 radical (unpaired) electrons. The van der Waals surface area contributed by atoms with E-state index in [9.17, 15) is 4.79 Å². The summed E-state index contributed by atoms with van der Waals surface area (Å²) in [4.78, 5) is 12.3. The highest BCUT2D eigenvalue weighted by Gasteiger charge is 2.07. The van der Waals surface area contributed by atoms with Crippen molar-refractivity contribution in [1.29, 1.82) is 10.5 Å². The number of hydrogen-bond donors (Lipinski definition) is 2. The molecule has 0 atom stereocenters. The molecule has 2 aromatic carbocycles. The Kier molecular flexibility index (Phi) is 5.28. The molecule has 2 rings (SSSR count). The van der Waals surface area contributed by atoms with Gasteiger partial charge in [0.1, 0.15) is 12.1 Å². The zero-order valence-electron chi connectivity index (χ0n) is 13.3. The van der Waals surface area contributed by atoms with Gasteiger partial charge in [0.25, 0.3) is 5.91 Å². The van der Waals surface area contributed by atoms with Crippen LogP contribution in [0.1, 0.15) is 21.5 Å². The van der Waals surface area contributed by atoms with Gasteiger partial charge < -0.3 is 5.32 Å². The summed E-state index contributed by atoms with van der Waals surface area (Å²) >= 11 is 0. The molecule has 0 aliphatic heterocycles. The molecule has 0 heterocycles. The molecule has 0 unspecified atom stereocenters. The van der Waals surface area contributed by atoms with E-state index in [1.807, 2.05) is 32.0 Å². The number of aryl methyl sites for hydroxylation is 2. The van der Waals surface area contributed by atoms with E-state index in [4.69, 9.17) is 10.5 Å². The lowest BCUT2D eigenvalue weighted by Gasteiger charge is -2.08. The standard InChI is InChI=1S/C18H15N5O/c1-12-6-7-15(8-13(12)2)21-18(24)14-4-3-5-16(9-14)22-23-17(10-19)11-20/h3-9,22H,1-2H3,(H,21,24). The monoisotopic (exact) mass is 317 g/mol. The van der Waals surface area contributed by atoms with E-state index in [1.54, 1.807) is 36.4 Å². The molecule has 24 heavy (non-hydrogen) atoms. The first kappa shape index (κ1) is 16.7. The second kappa shape index (κ2) is 7.57. The van der Waals surface area contributed by atoms with Crippen LogP contribution in [-0.4, -0.2) is 11.6 Å². The van der Waals surface area contributed by atoms with Crippen LogP contribution in [0.5, 0.6) is 0 Å². The second-order valence-electron chi connectivity index (χ2n) is 5.13. The van der Waals surface area contributed by atoms with E-state index in [1.165, 1.54) is 0 Å². The molecule has 0 spiro atoms. The molecule has 2 N–H and O–H groups in total. The summed E-state index contributed by atoms with van der Waals surface area (Å²) in [5, 5.41) is 23.8. The SMILES string of the molecule is Cc1ccc(NC(=O)c2cccc(NN=C(C#N)C#N)c2)cc1C. The van der Waals surface area contributed by atoms with Gasteiger partial charge in [-0.25, -0.2) is 0 Å². The number of carbonyl (C=O) groups excluding carboxylic acids is 1. The van der Waals surface area contributed by atoms with Crippen LogP contribution in [0.3, 0.4) is 0 Å². The predicted octanol–water partition coefficient (Wildman–Crippen LogP) is 3.37. The summed E-state index contributed by atoms with van der Waals surface area (Å²) in [7, 11) is 0. The van der Waals surface area contributed by atoms with Gasteiger partial charge in [-0.1, -0.05) is 12.1 Å². The Morgan fingerprint density at radius 3 is 2.42 bits per heavy atom. The lowest BCUT2D eigenvalue weighted by molar-refractivity contribution is 0.102. The summed E-state index contributed by atoms with van der Waals surface area (Å²) in [5.41, 5.74) is 6.20. The highest BCUT2D eigenvalue weighted by atomic mass is 16.1. The molecular formula is C18H15N5O. The van der Waals surface area contributed by atoms with Crippen LogP contribution in [-0.2, 0) is 0 Å². The van der Waals surface area contributed by atoms with Crippen LogP contribution in [0.2, 0.25) is 0 Å². The Labute approximate surface area is 140 Å². The normalized spacial score (nSPS) is 9.33. The number of anilines is 2. The van der Waals surface area contributed by atoms with Crippen LogP contribution < -0.4 is 10.7 Å². The average molecular weight is 317 g/mol. The summed E-state index contributed by atoms with van der Waals surface area (Å²) in [6, 6.07) is 15.6. The number of hydrogen-bond acceptors (Lipinski definition) is 5. The number of nitrogens with one attached hydrogen (secondary N) is 2. The van der Waals surface area contributed by atoms with Crippen LogP contribution in [0.25, 0.3) is 0 Å². The molecule has 0 aromatic heterocycles. The fourth-order valence-corrected chi connectivity index (χ4v) is 1.95. The fourth-order valence-electron chi connectivity index (χ4n) is 1.95. The number of nitriles is 2. The lowest BCUT2D eigenvalue weighted by atomic mass is 10.1. The molecule has 0 bridgehead atoms. The van der Waals surface area contributed by atoms with E-state index in [2.05, 4.69) is 15.8 Å². The second-order valence-corrected chi connectivity index (χ2v) is 5.13. The van der Waals surface area contributed by atoms with Gasteiger partial charge in [-0.3, -0.25) is 10.2 Å². The molecule has 0 saturated carbocycles. The third kappa shape index (κ3) is 4.19. The maximum Gasteiger partial charge on any atom is 0.255 e. The molecule has 0 saturated heterocycles. The first-order valence-corrected chi connectivity index (χ1v) is 7.16. The van der Waals surface area contributed by atoms with Crippen molar-refractivity contribution in [1.82, 2.24) is 0 Å². The molecule has 6 heteroatoms. The summed E-state index contributed by atoms with van der Waals surface area (Å²) in [5.74, 6) is -0.258. The van der Waals surface area contributed by atoms with E-state index < -0.39 is 0 Å². The maximum absolute atomic E-state index is 12.3. The molecule has 2 aromatic rings. The van der Waals surface area contributed by atoms with Crippen molar-refractivity contribution in [3.8, 4) is 12.1 Å². The highest BCUT2D eigenvalue weighted by Crippen LogP contribution is 2.16. The molecular weight excluding hydrogens is 302 g/mol. The highest BCUT2D eigenvalue weighted by molar-refractivity contribution is 6.10. The van der Waals surface area contributed by atoms with Crippen molar-refractivity contribution in [3.05, 3.63) is 59.2 Å². The van der Waals surface area contributed by atoms with E-state index >= 15 is 0 Å². The van der Waals surface area contributed by atoms with Crippen LogP contribution >= 0.6 is 0 Å². The molecule has 0 aliphatic rings. The topological polar surface area (TPSA) is 101 Å². The van der Waals surface area contributed by atoms with Gasteiger partial charge in [0.05, 0.1) is 5.69 Å². The maximum atomic E-state index is 12.3. The molecule has 118 valence electrons. The largest absolute Gasteiger partial charge is 0.322 e. The smallest absolute Gasteiger partial charge is 0.255 e. The van der Waals surface area contributed by atoms with Crippen molar-refractivity contribution in [2.45, 2.75) is 13.8 Å². The van der Waals surface area contributed by atoms with Crippen LogP contribution in [0.15, 0.2) is 47.6 Å². The van der Waals surface area contributed by atoms with Crippen molar-refractivity contribution in [3.63, 3.8) is 0 Å². The zero-order chi connectivity index (χ0) is 17.5. The minimum absolute atomic E-state index is 0.258.